The summed E-state index contributed by atoms with van der Waals surface area (Å²) in [6.45, 7) is 0.842. The molecule has 0 bridgehead atoms. The van der Waals surface area contributed by atoms with Crippen LogP contribution in [-0.4, -0.2) is 25.8 Å². The van der Waals surface area contributed by atoms with Crippen LogP contribution in [0.3, 0.4) is 0 Å². The molecule has 1 unspecified atom stereocenters. The van der Waals surface area contributed by atoms with Crippen LogP contribution in [0.2, 0.25) is 0 Å². The lowest BCUT2D eigenvalue weighted by molar-refractivity contribution is 0.0759. The maximum Gasteiger partial charge on any atom is 0.161 e. The van der Waals surface area contributed by atoms with Crippen LogP contribution < -0.4 is 4.90 Å². The Balaban J connectivity index is 2.30. The molecule has 0 aliphatic carbocycles. The predicted octanol–water partition coefficient (Wildman–Crippen LogP) is 2.59. The number of hydrogen-bond acceptors (Lipinski definition) is 3. The molecule has 1 atom stereocenters. The molecule has 0 radical (unpaired) electrons. The zero-order chi connectivity index (χ0) is 13.1. The fraction of sp³-hybridized carbons (Fsp3) is 0.417. The molecule has 1 saturated heterocycles. The summed E-state index contributed by atoms with van der Waals surface area (Å²) >= 11 is 3.16. The number of benzene rings is 1. The van der Waals surface area contributed by atoms with E-state index in [9.17, 15) is 8.78 Å². The molecule has 3 nitrogen and oxygen atoms in total. The van der Waals surface area contributed by atoms with Crippen LogP contribution in [0.1, 0.15) is 5.56 Å². The Morgan fingerprint density at radius 3 is 2.67 bits per heavy atom. The Morgan fingerprint density at radius 1 is 1.44 bits per heavy atom. The smallest absolute Gasteiger partial charge is 0.161 e. The van der Waals surface area contributed by atoms with Crippen LogP contribution in [-0.2, 0) is 10.1 Å². The van der Waals surface area contributed by atoms with E-state index in [1.807, 2.05) is 6.07 Å². The number of rotatable bonds is 2. The van der Waals surface area contributed by atoms with Gasteiger partial charge in [-0.15, -0.1) is 0 Å². The summed E-state index contributed by atoms with van der Waals surface area (Å²) in [4.78, 5) is 1.51. The van der Waals surface area contributed by atoms with Crippen LogP contribution in [0, 0.1) is 23.0 Å². The number of alkyl halides is 1. The van der Waals surface area contributed by atoms with Gasteiger partial charge in [-0.1, -0.05) is 15.9 Å². The molecule has 0 N–H and O–H groups in total. The van der Waals surface area contributed by atoms with Gasteiger partial charge < -0.3 is 9.64 Å². The molecule has 0 aromatic heterocycles. The highest BCUT2D eigenvalue weighted by Crippen LogP contribution is 2.27. The molecule has 0 spiro atoms. The molecule has 0 saturated carbocycles. The number of nitrogens with zero attached hydrogens (tertiary/aromatic N) is 2. The highest BCUT2D eigenvalue weighted by molar-refractivity contribution is 9.08. The molecule has 6 heteroatoms. The van der Waals surface area contributed by atoms with Gasteiger partial charge in [0.15, 0.2) is 6.10 Å². The largest absolute Gasteiger partial charge is 0.361 e. The van der Waals surface area contributed by atoms with Gasteiger partial charge in [-0.3, -0.25) is 0 Å². The second-order valence-electron chi connectivity index (χ2n) is 3.98. The number of morpholine rings is 1. The molecule has 1 aromatic rings. The Morgan fingerprint density at radius 2 is 2.11 bits per heavy atom. The lowest BCUT2D eigenvalue weighted by Crippen LogP contribution is -2.42. The van der Waals surface area contributed by atoms with Crippen molar-refractivity contribution in [3.8, 4) is 6.07 Å². The first-order valence-electron chi connectivity index (χ1n) is 5.45. The maximum absolute atomic E-state index is 13.9. The Labute approximate surface area is 112 Å². The summed E-state index contributed by atoms with van der Waals surface area (Å²) in [6.07, 6.45) is -0.645. The van der Waals surface area contributed by atoms with E-state index >= 15 is 0 Å². The fourth-order valence-corrected chi connectivity index (χ4v) is 2.25. The van der Waals surface area contributed by atoms with E-state index in [1.165, 1.54) is 17.0 Å². The minimum atomic E-state index is -0.645. The molecule has 1 aliphatic heterocycles. The number of anilines is 1. The zero-order valence-corrected chi connectivity index (χ0v) is 11.1. The van der Waals surface area contributed by atoms with Gasteiger partial charge in [0.1, 0.15) is 17.3 Å². The summed E-state index contributed by atoms with van der Waals surface area (Å²) in [6, 6.07) is 4.54. The van der Waals surface area contributed by atoms with Crippen LogP contribution in [0.4, 0.5) is 14.5 Å². The quantitative estimate of drug-likeness (QED) is 0.787. The summed E-state index contributed by atoms with van der Waals surface area (Å²) in [5.41, 5.74) is 0.460. The summed E-state index contributed by atoms with van der Waals surface area (Å²) in [7, 11) is 0. The molecule has 0 amide bonds. The van der Waals surface area contributed by atoms with Crippen molar-refractivity contribution in [2.24, 2.45) is 0 Å². The molecule has 96 valence electrons. The van der Waals surface area contributed by atoms with E-state index in [0.29, 0.717) is 17.4 Å². The number of nitriles is 1. The third kappa shape index (κ3) is 2.62. The highest BCUT2D eigenvalue weighted by Gasteiger charge is 2.25. The molecule has 1 heterocycles. The lowest BCUT2D eigenvalue weighted by atomic mass is 10.1. The maximum atomic E-state index is 13.9. The first-order chi connectivity index (χ1) is 8.65. The first-order valence-corrected chi connectivity index (χ1v) is 6.58. The monoisotopic (exact) mass is 316 g/mol. The Bertz CT molecular complexity index is 466. The fourth-order valence-electron chi connectivity index (χ4n) is 1.93. The SMILES string of the molecule is N#CC1CN(c2c(F)cc(CBr)cc2F)CCO1. The molecule has 18 heavy (non-hydrogen) atoms. The average molecular weight is 317 g/mol. The minimum Gasteiger partial charge on any atom is -0.361 e. The standard InChI is InChI=1S/C12H11BrF2N2O/c13-5-8-3-10(14)12(11(15)4-8)17-1-2-18-9(6-16)7-17/h3-4,9H,1-2,5,7H2. The van der Waals surface area contributed by atoms with Gasteiger partial charge in [-0.25, -0.2) is 8.78 Å². The van der Waals surface area contributed by atoms with Gasteiger partial charge in [0.2, 0.25) is 0 Å². The lowest BCUT2D eigenvalue weighted by Gasteiger charge is -2.32. The van der Waals surface area contributed by atoms with Crippen molar-refractivity contribution >= 4 is 21.6 Å². The van der Waals surface area contributed by atoms with E-state index in [1.54, 1.807) is 0 Å². The molecule has 2 rings (SSSR count). The number of halogens is 3. The van der Waals surface area contributed by atoms with Crippen LogP contribution in [0.5, 0.6) is 0 Å². The van der Waals surface area contributed by atoms with Crippen molar-refractivity contribution in [1.82, 2.24) is 0 Å². The normalized spacial score (nSPS) is 19.7. The predicted molar refractivity (Wildman–Crippen MR) is 66.6 cm³/mol. The van der Waals surface area contributed by atoms with E-state index in [-0.39, 0.29) is 18.8 Å². The van der Waals surface area contributed by atoms with Crippen LogP contribution in [0.25, 0.3) is 0 Å². The average Bonchev–Trinajstić information content (AvgIpc) is 2.38. The zero-order valence-electron chi connectivity index (χ0n) is 9.50. The van der Waals surface area contributed by atoms with Crippen molar-refractivity contribution < 1.29 is 13.5 Å². The van der Waals surface area contributed by atoms with Gasteiger partial charge in [-0.2, -0.15) is 5.26 Å². The topological polar surface area (TPSA) is 36.3 Å². The van der Waals surface area contributed by atoms with Crippen LogP contribution >= 0.6 is 15.9 Å². The van der Waals surface area contributed by atoms with Crippen molar-refractivity contribution in [3.05, 3.63) is 29.3 Å². The Kier molecular flexibility index (Phi) is 4.15. The number of ether oxygens (including phenoxy) is 1. The second-order valence-corrected chi connectivity index (χ2v) is 4.54. The summed E-state index contributed by atoms with van der Waals surface area (Å²) in [5.74, 6) is -1.22. The van der Waals surface area contributed by atoms with E-state index in [2.05, 4.69) is 15.9 Å². The summed E-state index contributed by atoms with van der Waals surface area (Å²) < 4.78 is 32.9. The molecule has 1 aliphatic rings. The van der Waals surface area contributed by atoms with E-state index in [4.69, 9.17) is 10.00 Å². The van der Waals surface area contributed by atoms with Crippen molar-refractivity contribution in [2.75, 3.05) is 24.6 Å². The van der Waals surface area contributed by atoms with Crippen molar-refractivity contribution in [1.29, 1.82) is 5.26 Å². The van der Waals surface area contributed by atoms with E-state index < -0.39 is 17.7 Å². The molecular formula is C12H11BrF2N2O. The van der Waals surface area contributed by atoms with Gasteiger partial charge in [0.25, 0.3) is 0 Å². The molecular weight excluding hydrogens is 306 g/mol. The van der Waals surface area contributed by atoms with Gasteiger partial charge in [0, 0.05) is 11.9 Å². The molecule has 1 aromatic carbocycles. The van der Waals surface area contributed by atoms with Crippen molar-refractivity contribution in [3.63, 3.8) is 0 Å². The third-order valence-corrected chi connectivity index (χ3v) is 3.41. The second kappa shape index (κ2) is 5.63. The first kappa shape index (κ1) is 13.2. The Hall–Kier alpha value is -1.19. The van der Waals surface area contributed by atoms with Gasteiger partial charge in [0.05, 0.1) is 19.2 Å². The minimum absolute atomic E-state index is 0.0803. The third-order valence-electron chi connectivity index (χ3n) is 2.76. The van der Waals surface area contributed by atoms with Crippen LogP contribution in [0.15, 0.2) is 12.1 Å². The molecule has 1 fully saturated rings. The van der Waals surface area contributed by atoms with Gasteiger partial charge >= 0.3 is 0 Å². The number of hydrogen-bond donors (Lipinski definition) is 0. The highest BCUT2D eigenvalue weighted by atomic mass is 79.9. The van der Waals surface area contributed by atoms with E-state index in [0.717, 1.165) is 0 Å². The van der Waals surface area contributed by atoms with Crippen molar-refractivity contribution in [2.45, 2.75) is 11.4 Å². The van der Waals surface area contributed by atoms with Gasteiger partial charge in [-0.05, 0) is 17.7 Å². The summed E-state index contributed by atoms with van der Waals surface area (Å²) in [5, 5.41) is 9.18.